The lowest BCUT2D eigenvalue weighted by Crippen LogP contribution is -1.97. The van der Waals surface area contributed by atoms with Crippen LogP contribution in [0.15, 0.2) is 84.9 Å². The molecule has 1 aliphatic carbocycles. The van der Waals surface area contributed by atoms with E-state index in [1.54, 1.807) is 6.08 Å². The van der Waals surface area contributed by atoms with E-state index in [2.05, 4.69) is 104 Å². The van der Waals surface area contributed by atoms with Gasteiger partial charge in [-0.15, -0.1) is 0 Å². The quantitative estimate of drug-likeness (QED) is 0.203. The summed E-state index contributed by atoms with van der Waals surface area (Å²) in [6, 6.07) is 28.0. The minimum Gasteiger partial charge on any atom is -0.355 e. The van der Waals surface area contributed by atoms with Gasteiger partial charge in [0.05, 0.1) is 11.4 Å². The maximum atomic E-state index is 13.0. The number of carbonyl (C=O) groups excluding carboxylic acids is 1. The number of carbonyl (C=O) groups is 1. The van der Waals surface area contributed by atoms with Gasteiger partial charge >= 0.3 is 0 Å². The first-order valence-corrected chi connectivity index (χ1v) is 15.5. The number of aryl methyl sites for hydroxylation is 4. The highest BCUT2D eigenvalue weighted by Gasteiger charge is 2.24. The number of H-pyrrole nitrogens is 2. The maximum Gasteiger partial charge on any atom is 0.185 e. The monoisotopic (exact) mass is 571 g/mol. The lowest BCUT2D eigenvalue weighted by Gasteiger charge is -2.12. The molecule has 1 aliphatic heterocycles. The predicted molar refractivity (Wildman–Crippen MR) is 184 cm³/mol. The van der Waals surface area contributed by atoms with Crippen LogP contribution in [0.25, 0.3) is 72.2 Å². The summed E-state index contributed by atoms with van der Waals surface area (Å²) < 4.78 is 0. The second-order valence-corrected chi connectivity index (χ2v) is 11.9. The first-order chi connectivity index (χ1) is 21.4. The molecule has 3 aromatic heterocycles. The Morgan fingerprint density at radius 3 is 1.61 bits per heavy atom. The Kier molecular flexibility index (Phi) is 5.95. The molecule has 0 unspecified atom stereocenters. The predicted octanol–water partition coefficient (Wildman–Crippen LogP) is 10.2. The van der Waals surface area contributed by atoms with Crippen LogP contribution in [0.1, 0.15) is 52.0 Å². The Labute approximate surface area is 256 Å². The van der Waals surface area contributed by atoms with Crippen LogP contribution in [-0.4, -0.2) is 20.7 Å². The molecule has 4 nitrogen and oxygen atoms in total. The molecule has 44 heavy (non-hydrogen) atoms. The van der Waals surface area contributed by atoms with E-state index in [9.17, 15) is 4.79 Å². The largest absolute Gasteiger partial charge is 0.355 e. The lowest BCUT2D eigenvalue weighted by atomic mass is 9.90. The summed E-state index contributed by atoms with van der Waals surface area (Å²) in [7, 11) is 0. The van der Waals surface area contributed by atoms with Gasteiger partial charge in [0, 0.05) is 38.8 Å². The Balaban J connectivity index is 1.62. The molecule has 0 saturated heterocycles. The van der Waals surface area contributed by atoms with Crippen molar-refractivity contribution in [3.63, 3.8) is 0 Å². The van der Waals surface area contributed by atoms with Gasteiger partial charge in [0.15, 0.2) is 5.78 Å². The van der Waals surface area contributed by atoms with Crippen molar-refractivity contribution < 1.29 is 4.79 Å². The number of fused-ring (bicyclic) bond motifs is 16. The third-order valence-corrected chi connectivity index (χ3v) is 9.50. The fraction of sp³-hybridized carbons (Fsp3) is 0.150. The highest BCUT2D eigenvalue weighted by Crippen LogP contribution is 2.47. The number of nitrogens with zero attached hydrogens (tertiary/aromatic N) is 1. The molecule has 0 spiro atoms. The van der Waals surface area contributed by atoms with Crippen molar-refractivity contribution in [2.45, 2.75) is 40.5 Å². The summed E-state index contributed by atoms with van der Waals surface area (Å²) in [6.07, 6.45) is 5.35. The van der Waals surface area contributed by atoms with Gasteiger partial charge in [-0.25, -0.2) is 4.98 Å². The number of hydrogen-bond acceptors (Lipinski definition) is 2. The van der Waals surface area contributed by atoms with Crippen molar-refractivity contribution >= 4 is 55.5 Å². The number of benzene rings is 3. The molecule has 8 bridgehead atoms. The van der Waals surface area contributed by atoms with Crippen LogP contribution < -0.4 is 0 Å². The average molecular weight is 572 g/mol. The molecule has 3 aromatic carbocycles. The van der Waals surface area contributed by atoms with E-state index in [0.717, 1.165) is 63.0 Å². The van der Waals surface area contributed by atoms with E-state index in [4.69, 9.17) is 4.98 Å². The Hall–Kier alpha value is -5.22. The van der Waals surface area contributed by atoms with Crippen molar-refractivity contribution in [3.8, 4) is 22.5 Å². The third-order valence-electron chi connectivity index (χ3n) is 9.50. The molecule has 0 amide bonds. The molecule has 0 fully saturated rings. The molecule has 6 aromatic rings. The van der Waals surface area contributed by atoms with E-state index in [1.165, 1.54) is 43.8 Å². The fourth-order valence-corrected chi connectivity index (χ4v) is 7.29. The number of allylic oxidation sites excluding steroid dienone is 1. The Morgan fingerprint density at radius 2 is 1.09 bits per heavy atom. The smallest absolute Gasteiger partial charge is 0.185 e. The van der Waals surface area contributed by atoms with E-state index in [0.29, 0.717) is 5.56 Å². The van der Waals surface area contributed by atoms with Crippen LogP contribution in [0.3, 0.4) is 0 Å². The molecular weight excluding hydrogens is 538 g/mol. The van der Waals surface area contributed by atoms with Gasteiger partial charge in [-0.2, -0.15) is 0 Å². The van der Waals surface area contributed by atoms with E-state index in [1.807, 2.05) is 18.2 Å². The highest BCUT2D eigenvalue weighted by molar-refractivity contribution is 6.22. The molecular formula is C40H33N3O. The van der Waals surface area contributed by atoms with E-state index < -0.39 is 0 Å². The van der Waals surface area contributed by atoms with Gasteiger partial charge in [0.1, 0.15) is 0 Å². The zero-order chi connectivity index (χ0) is 30.1. The van der Waals surface area contributed by atoms with Crippen LogP contribution in [0.4, 0.5) is 0 Å². The summed E-state index contributed by atoms with van der Waals surface area (Å²) in [5, 5.41) is 4.87. The first kappa shape index (κ1) is 26.4. The number of nitrogens with one attached hydrogen (secondary N) is 2. The number of aromatic amines is 2. The van der Waals surface area contributed by atoms with Gasteiger partial charge in [-0.1, -0.05) is 68.5 Å². The maximum absolute atomic E-state index is 13.0. The second-order valence-electron chi connectivity index (χ2n) is 11.9. The normalized spacial score (nSPS) is 12.7. The van der Waals surface area contributed by atoms with Crippen molar-refractivity contribution in [2.24, 2.45) is 0 Å². The standard InChI is InChI=1S/C40H33N3O/c1-5-26-22(3)32-18-24-15-16-38(44)25(17-24)19-33-23(4)27(6-2)35(42-33)21-37-40-31-14-10-8-12-29(31)28-11-7-9-13-30(28)39(40)36(43-37)20-34(26)41-32/h7-21,41-42H,5-6H2,1-4H3. The van der Waals surface area contributed by atoms with Crippen LogP contribution >= 0.6 is 0 Å². The molecule has 0 saturated carbocycles. The lowest BCUT2D eigenvalue weighted by molar-refractivity contribution is 0.104. The molecule has 2 N–H and O–H groups in total. The molecule has 4 heteroatoms. The Morgan fingerprint density at radius 1 is 0.591 bits per heavy atom. The number of rotatable bonds is 2. The highest BCUT2D eigenvalue weighted by atomic mass is 16.1. The first-order valence-electron chi connectivity index (χ1n) is 15.5. The fourth-order valence-electron chi connectivity index (χ4n) is 7.29. The van der Waals surface area contributed by atoms with Crippen molar-refractivity contribution in [2.75, 3.05) is 0 Å². The summed E-state index contributed by atoms with van der Waals surface area (Å²) >= 11 is 0. The van der Waals surface area contributed by atoms with Crippen molar-refractivity contribution in [1.82, 2.24) is 15.0 Å². The molecule has 4 heterocycles. The van der Waals surface area contributed by atoms with E-state index in [-0.39, 0.29) is 5.78 Å². The van der Waals surface area contributed by atoms with Crippen LogP contribution in [-0.2, 0) is 12.8 Å². The summed E-state index contributed by atoms with van der Waals surface area (Å²) in [4.78, 5) is 25.8. The van der Waals surface area contributed by atoms with Gasteiger partial charge in [0.2, 0.25) is 0 Å². The number of aromatic nitrogens is 3. The van der Waals surface area contributed by atoms with Crippen molar-refractivity contribution in [3.05, 3.63) is 118 Å². The average Bonchev–Trinajstić information content (AvgIpc) is 3.64. The number of hydrogen-bond donors (Lipinski definition) is 2. The summed E-state index contributed by atoms with van der Waals surface area (Å²) in [5.74, 6) is 0.0130. The van der Waals surface area contributed by atoms with Gasteiger partial charge in [-0.3, -0.25) is 4.79 Å². The third kappa shape index (κ3) is 3.91. The molecule has 2 aliphatic rings. The second kappa shape index (κ2) is 9.92. The van der Waals surface area contributed by atoms with Gasteiger partial charge in [-0.05, 0) is 112 Å². The SMILES string of the molecule is CCc1c(C)c2cc3cc(cc4[nH]c(cc5nc(cc1[nH]2)-c1c-5c2ccccc2c2ccccc12)c(CC)c4C)C(=O)C=C3. The zero-order valence-electron chi connectivity index (χ0n) is 25.4. The van der Waals surface area contributed by atoms with Crippen molar-refractivity contribution in [1.29, 1.82) is 0 Å². The molecule has 0 atom stereocenters. The van der Waals surface area contributed by atoms with Gasteiger partial charge in [0.25, 0.3) is 0 Å². The summed E-state index contributed by atoms with van der Waals surface area (Å²) in [6.45, 7) is 8.71. The minimum atomic E-state index is 0.0130. The number of ketones is 1. The molecule has 0 radical (unpaired) electrons. The van der Waals surface area contributed by atoms with E-state index >= 15 is 0 Å². The zero-order valence-corrected chi connectivity index (χ0v) is 25.4. The molecule has 214 valence electrons. The topological polar surface area (TPSA) is 61.5 Å². The molecule has 8 rings (SSSR count). The van der Waals surface area contributed by atoms with Crippen LogP contribution in [0.2, 0.25) is 0 Å². The van der Waals surface area contributed by atoms with Crippen LogP contribution in [0, 0.1) is 13.8 Å². The summed E-state index contributed by atoms with van der Waals surface area (Å²) in [5.41, 5.74) is 14.9. The van der Waals surface area contributed by atoms with Gasteiger partial charge < -0.3 is 9.97 Å². The van der Waals surface area contributed by atoms with Crippen LogP contribution in [0.5, 0.6) is 0 Å². The Bertz CT molecular complexity index is 2400. The minimum absolute atomic E-state index is 0.0130.